The van der Waals surface area contributed by atoms with Crippen molar-refractivity contribution in [2.24, 2.45) is 0 Å². The second kappa shape index (κ2) is 9.84. The molecule has 0 radical (unpaired) electrons. The molecule has 0 atom stereocenters. The molecule has 10 heteroatoms. The number of thioether (sulfide) groups is 1. The lowest BCUT2D eigenvalue weighted by Crippen LogP contribution is -2.14. The Balaban J connectivity index is 1.44. The summed E-state index contributed by atoms with van der Waals surface area (Å²) in [7, 11) is 0. The molecule has 1 N–H and O–H groups in total. The summed E-state index contributed by atoms with van der Waals surface area (Å²) in [6.07, 6.45) is 5.94. The second-order valence-electron chi connectivity index (χ2n) is 6.20. The number of nitrogens with one attached hydrogen (secondary N) is 1. The second-order valence-corrected chi connectivity index (χ2v) is 7.99. The first-order valence-corrected chi connectivity index (χ1v) is 10.9. The van der Waals surface area contributed by atoms with Gasteiger partial charge >= 0.3 is 5.97 Å². The van der Waals surface area contributed by atoms with E-state index in [1.165, 1.54) is 42.4 Å². The van der Waals surface area contributed by atoms with Crippen LogP contribution in [0.15, 0.2) is 15.0 Å². The molecule has 1 aliphatic carbocycles. The molecule has 1 amide bonds. The monoisotopic (exact) mass is 410 g/mol. The van der Waals surface area contributed by atoms with Crippen molar-refractivity contribution < 1.29 is 18.7 Å². The van der Waals surface area contributed by atoms with E-state index >= 15 is 0 Å². The third kappa shape index (κ3) is 6.03. The van der Waals surface area contributed by atoms with Crippen LogP contribution in [0, 0.1) is 0 Å². The maximum absolute atomic E-state index is 12.1. The molecule has 1 aliphatic rings. The SMILES string of the molecule is CCOC(=O)Cc1csc(NC(=O)CSc2nnc(C3CCCCC3)o2)n1. The highest BCUT2D eigenvalue weighted by Crippen LogP contribution is 2.32. The average molecular weight is 411 g/mol. The third-order valence-electron chi connectivity index (χ3n) is 4.13. The average Bonchev–Trinajstić information content (AvgIpc) is 3.30. The first kappa shape index (κ1) is 19.8. The Morgan fingerprint density at radius 2 is 2.15 bits per heavy atom. The predicted octanol–water partition coefficient (Wildman–Crippen LogP) is 3.41. The van der Waals surface area contributed by atoms with Gasteiger partial charge in [-0.3, -0.25) is 9.59 Å². The molecule has 146 valence electrons. The molecule has 1 saturated carbocycles. The first-order valence-electron chi connectivity index (χ1n) is 9.00. The van der Waals surface area contributed by atoms with E-state index in [2.05, 4.69) is 20.5 Å². The summed E-state index contributed by atoms with van der Waals surface area (Å²) in [6.45, 7) is 2.09. The van der Waals surface area contributed by atoms with E-state index in [-0.39, 0.29) is 24.1 Å². The summed E-state index contributed by atoms with van der Waals surface area (Å²) in [6, 6.07) is 0. The largest absolute Gasteiger partial charge is 0.466 e. The molecular weight excluding hydrogens is 388 g/mol. The molecule has 2 aromatic rings. The first-order chi connectivity index (χ1) is 13.1. The zero-order valence-corrected chi connectivity index (χ0v) is 16.7. The van der Waals surface area contributed by atoms with Crippen LogP contribution in [0.2, 0.25) is 0 Å². The topological polar surface area (TPSA) is 107 Å². The van der Waals surface area contributed by atoms with Gasteiger partial charge in [-0.1, -0.05) is 31.0 Å². The van der Waals surface area contributed by atoms with Gasteiger partial charge in [-0.25, -0.2) is 4.98 Å². The van der Waals surface area contributed by atoms with Crippen LogP contribution in [0.25, 0.3) is 0 Å². The minimum atomic E-state index is -0.332. The molecule has 0 bridgehead atoms. The lowest BCUT2D eigenvalue weighted by Gasteiger charge is -2.17. The Kier molecular flexibility index (Phi) is 7.22. The minimum Gasteiger partial charge on any atom is -0.466 e. The number of carbonyl (C=O) groups excluding carboxylic acids is 2. The molecule has 0 saturated heterocycles. The standard InChI is InChI=1S/C17H22N4O4S2/c1-2-24-14(23)8-12-9-26-16(18-12)19-13(22)10-27-17-21-20-15(25-17)11-6-4-3-5-7-11/h9,11H,2-8,10H2,1H3,(H,18,19,22). The van der Waals surface area contributed by atoms with Crippen LogP contribution in [0.4, 0.5) is 5.13 Å². The van der Waals surface area contributed by atoms with Crippen LogP contribution >= 0.6 is 23.1 Å². The van der Waals surface area contributed by atoms with E-state index in [0.29, 0.717) is 34.5 Å². The summed E-state index contributed by atoms with van der Waals surface area (Å²) in [5, 5.41) is 13.5. The number of hydrogen-bond donors (Lipinski definition) is 1. The van der Waals surface area contributed by atoms with Crippen LogP contribution in [0.5, 0.6) is 0 Å². The molecule has 0 spiro atoms. The molecule has 2 aromatic heterocycles. The number of aromatic nitrogens is 3. The fourth-order valence-electron chi connectivity index (χ4n) is 2.88. The Morgan fingerprint density at radius 1 is 1.33 bits per heavy atom. The molecule has 1 fully saturated rings. The zero-order valence-electron chi connectivity index (χ0n) is 15.1. The van der Waals surface area contributed by atoms with Crippen LogP contribution in [-0.2, 0) is 20.7 Å². The van der Waals surface area contributed by atoms with Crippen molar-refractivity contribution in [1.82, 2.24) is 15.2 Å². The van der Waals surface area contributed by atoms with Crippen molar-refractivity contribution in [1.29, 1.82) is 0 Å². The van der Waals surface area contributed by atoms with Crippen molar-refractivity contribution in [3.63, 3.8) is 0 Å². The number of amides is 1. The van der Waals surface area contributed by atoms with Crippen LogP contribution < -0.4 is 5.32 Å². The normalized spacial score (nSPS) is 14.9. The fourth-order valence-corrected chi connectivity index (χ4v) is 4.18. The maximum Gasteiger partial charge on any atom is 0.311 e. The number of esters is 1. The number of ether oxygens (including phenoxy) is 1. The lowest BCUT2D eigenvalue weighted by molar-refractivity contribution is -0.142. The van der Waals surface area contributed by atoms with E-state index in [4.69, 9.17) is 9.15 Å². The maximum atomic E-state index is 12.1. The fraction of sp³-hybridized carbons (Fsp3) is 0.588. The van der Waals surface area contributed by atoms with Crippen LogP contribution in [0.1, 0.15) is 56.5 Å². The summed E-state index contributed by atoms with van der Waals surface area (Å²) in [5.41, 5.74) is 0.579. The lowest BCUT2D eigenvalue weighted by atomic mass is 9.89. The van der Waals surface area contributed by atoms with Gasteiger partial charge in [0.05, 0.1) is 24.5 Å². The van der Waals surface area contributed by atoms with Gasteiger partial charge in [-0.2, -0.15) is 0 Å². The highest BCUT2D eigenvalue weighted by Gasteiger charge is 2.21. The summed E-state index contributed by atoms with van der Waals surface area (Å²) < 4.78 is 10.6. The van der Waals surface area contributed by atoms with E-state index in [1.807, 2.05) is 0 Å². The zero-order chi connectivity index (χ0) is 19.1. The quantitative estimate of drug-likeness (QED) is 0.521. The van der Waals surface area contributed by atoms with Crippen molar-refractivity contribution >= 4 is 40.1 Å². The van der Waals surface area contributed by atoms with Gasteiger partial charge in [0.2, 0.25) is 11.8 Å². The van der Waals surface area contributed by atoms with Gasteiger partial charge in [0.25, 0.3) is 5.22 Å². The molecule has 0 unspecified atom stereocenters. The molecule has 3 rings (SSSR count). The van der Waals surface area contributed by atoms with Crippen molar-refractivity contribution in [3.8, 4) is 0 Å². The van der Waals surface area contributed by atoms with Gasteiger partial charge in [0.1, 0.15) is 0 Å². The van der Waals surface area contributed by atoms with Gasteiger partial charge < -0.3 is 14.5 Å². The van der Waals surface area contributed by atoms with Gasteiger partial charge in [-0.15, -0.1) is 21.5 Å². The Morgan fingerprint density at radius 3 is 2.93 bits per heavy atom. The number of thiazole rings is 1. The molecular formula is C17H22N4O4S2. The summed E-state index contributed by atoms with van der Waals surface area (Å²) in [5.74, 6) is 0.638. The summed E-state index contributed by atoms with van der Waals surface area (Å²) in [4.78, 5) is 27.7. The Hall–Kier alpha value is -1.94. The molecule has 0 aromatic carbocycles. The molecule has 27 heavy (non-hydrogen) atoms. The Bertz CT molecular complexity index is 771. The molecule has 2 heterocycles. The van der Waals surface area contributed by atoms with E-state index in [9.17, 15) is 9.59 Å². The van der Waals surface area contributed by atoms with Crippen molar-refractivity contribution in [2.45, 2.75) is 56.6 Å². The van der Waals surface area contributed by atoms with Crippen molar-refractivity contribution in [2.75, 3.05) is 17.7 Å². The minimum absolute atomic E-state index is 0.0981. The van der Waals surface area contributed by atoms with Gasteiger partial charge in [0.15, 0.2) is 5.13 Å². The van der Waals surface area contributed by atoms with E-state index < -0.39 is 0 Å². The highest BCUT2D eigenvalue weighted by atomic mass is 32.2. The highest BCUT2D eigenvalue weighted by molar-refractivity contribution is 7.99. The number of rotatable bonds is 8. The third-order valence-corrected chi connectivity index (χ3v) is 5.76. The van der Waals surface area contributed by atoms with E-state index in [0.717, 1.165) is 12.8 Å². The number of hydrogen-bond acceptors (Lipinski definition) is 9. The van der Waals surface area contributed by atoms with Crippen LogP contribution in [0.3, 0.4) is 0 Å². The van der Waals surface area contributed by atoms with Crippen LogP contribution in [-0.4, -0.2) is 39.4 Å². The predicted molar refractivity (Wildman–Crippen MR) is 102 cm³/mol. The van der Waals surface area contributed by atoms with E-state index in [1.54, 1.807) is 12.3 Å². The Labute approximate surface area is 165 Å². The van der Waals surface area contributed by atoms with Gasteiger partial charge in [-0.05, 0) is 19.8 Å². The van der Waals surface area contributed by atoms with Crippen molar-refractivity contribution in [3.05, 3.63) is 17.0 Å². The number of nitrogens with zero attached hydrogens (tertiary/aromatic N) is 3. The smallest absolute Gasteiger partial charge is 0.311 e. The molecule has 0 aliphatic heterocycles. The van der Waals surface area contributed by atoms with Gasteiger partial charge in [0, 0.05) is 11.3 Å². The number of anilines is 1. The molecule has 8 nitrogen and oxygen atoms in total. The number of carbonyl (C=O) groups is 2. The summed E-state index contributed by atoms with van der Waals surface area (Å²) >= 11 is 2.48.